The second-order valence-corrected chi connectivity index (χ2v) is 10.7. The minimum atomic E-state index is -4.69. The first-order valence-corrected chi connectivity index (χ1v) is 13.9. The Hall–Kier alpha value is -3.68. The summed E-state index contributed by atoms with van der Waals surface area (Å²) in [5, 5.41) is 0.0508. The molecular formula is C26H26ClF3N4O5S. The van der Waals surface area contributed by atoms with Gasteiger partial charge in [-0.05, 0) is 24.3 Å². The highest BCUT2D eigenvalue weighted by Gasteiger charge is 2.33. The maximum atomic E-state index is 13.8. The number of hydrogen-bond acceptors (Lipinski definition) is 7. The predicted molar refractivity (Wildman–Crippen MR) is 147 cm³/mol. The summed E-state index contributed by atoms with van der Waals surface area (Å²) in [6, 6.07) is 10.3. The van der Waals surface area contributed by atoms with E-state index in [2.05, 4.69) is 14.7 Å². The minimum Gasteiger partial charge on any atom is -0.495 e. The van der Waals surface area contributed by atoms with Crippen LogP contribution in [-0.2, 0) is 16.2 Å². The summed E-state index contributed by atoms with van der Waals surface area (Å²) in [5.41, 5.74) is -0.196. The molecule has 0 atom stereocenters. The van der Waals surface area contributed by atoms with Gasteiger partial charge in [-0.1, -0.05) is 23.7 Å². The van der Waals surface area contributed by atoms with Crippen LogP contribution in [0.3, 0.4) is 0 Å². The van der Waals surface area contributed by atoms with E-state index >= 15 is 0 Å². The molecule has 1 aromatic heterocycles. The van der Waals surface area contributed by atoms with Crippen molar-refractivity contribution in [2.24, 2.45) is 4.99 Å². The first-order chi connectivity index (χ1) is 18.8. The lowest BCUT2D eigenvalue weighted by atomic mass is 9.98. The summed E-state index contributed by atoms with van der Waals surface area (Å²) >= 11 is 6.54. The molecular weight excluding hydrogens is 573 g/mol. The molecule has 40 heavy (non-hydrogen) atoms. The highest BCUT2D eigenvalue weighted by atomic mass is 35.5. The number of aliphatic imine (C=N–C) groups is 1. The Labute approximate surface area is 234 Å². The van der Waals surface area contributed by atoms with Gasteiger partial charge in [0.15, 0.2) is 0 Å². The van der Waals surface area contributed by atoms with Crippen molar-refractivity contribution >= 4 is 39.4 Å². The van der Waals surface area contributed by atoms with E-state index in [0.717, 1.165) is 18.5 Å². The van der Waals surface area contributed by atoms with Gasteiger partial charge in [0.1, 0.15) is 23.8 Å². The molecule has 1 heterocycles. The Morgan fingerprint density at radius 2 is 1.88 bits per heavy atom. The first kappa shape index (κ1) is 30.9. The van der Waals surface area contributed by atoms with E-state index in [-0.39, 0.29) is 46.2 Å². The van der Waals surface area contributed by atoms with Gasteiger partial charge in [0.25, 0.3) is 5.91 Å². The summed E-state index contributed by atoms with van der Waals surface area (Å²) in [6.07, 6.45) is -1.46. The number of nitrogens with one attached hydrogen (secondary N) is 1. The maximum Gasteiger partial charge on any atom is 0.433 e. The lowest BCUT2D eigenvalue weighted by molar-refractivity contribution is -0.141. The molecule has 0 fully saturated rings. The van der Waals surface area contributed by atoms with Crippen LogP contribution in [0.15, 0.2) is 53.7 Å². The smallest absolute Gasteiger partial charge is 0.433 e. The molecule has 0 spiro atoms. The normalized spacial score (nSPS) is 12.0. The molecule has 0 aliphatic heterocycles. The van der Waals surface area contributed by atoms with Gasteiger partial charge in [-0.3, -0.25) is 14.8 Å². The lowest BCUT2D eigenvalue weighted by Crippen LogP contribution is -2.29. The zero-order valence-corrected chi connectivity index (χ0v) is 23.5. The third kappa shape index (κ3) is 7.49. The van der Waals surface area contributed by atoms with Gasteiger partial charge in [-0.25, -0.2) is 13.1 Å². The predicted octanol–water partition coefficient (Wildman–Crippen LogP) is 4.68. The summed E-state index contributed by atoms with van der Waals surface area (Å²) in [7, 11) is 0.884. The molecule has 9 nitrogen and oxygen atoms in total. The fourth-order valence-electron chi connectivity index (χ4n) is 3.73. The van der Waals surface area contributed by atoms with Crippen molar-refractivity contribution < 1.29 is 35.9 Å². The van der Waals surface area contributed by atoms with E-state index < -0.39 is 27.8 Å². The van der Waals surface area contributed by atoms with E-state index in [1.54, 1.807) is 24.3 Å². The van der Waals surface area contributed by atoms with Crippen molar-refractivity contribution in [2.45, 2.75) is 6.18 Å². The number of nitrogens with zero attached hydrogens (tertiary/aromatic N) is 3. The average molecular weight is 599 g/mol. The molecule has 3 aromatic rings. The molecule has 1 amide bonds. The molecule has 214 valence electrons. The maximum absolute atomic E-state index is 13.8. The molecule has 3 rings (SSSR count). The quantitative estimate of drug-likeness (QED) is 0.268. The van der Waals surface area contributed by atoms with Crippen molar-refractivity contribution in [1.29, 1.82) is 0 Å². The van der Waals surface area contributed by atoms with Crippen LogP contribution in [0.25, 0.3) is 11.1 Å². The minimum absolute atomic E-state index is 0.00597. The number of alkyl halides is 3. The number of aromatic nitrogens is 1. The number of carbonyl (C=O) groups excluding carboxylic acids is 1. The number of rotatable bonds is 10. The first-order valence-electron chi connectivity index (χ1n) is 11.6. The SMILES string of the molecule is C/N=C/c1cc(C(F)(F)F)ncc1-c1cc(C(=O)N(C)c2ccccc2OC)c(OCCNS(C)(=O)=O)cc1Cl. The van der Waals surface area contributed by atoms with Crippen molar-refractivity contribution in [3.63, 3.8) is 0 Å². The summed E-state index contributed by atoms with van der Waals surface area (Å²) in [4.78, 5) is 22.5. The highest BCUT2D eigenvalue weighted by Crippen LogP contribution is 2.38. The third-order valence-corrected chi connectivity index (χ3v) is 6.60. The van der Waals surface area contributed by atoms with E-state index in [0.29, 0.717) is 11.4 Å². The number of pyridine rings is 1. The number of ether oxygens (including phenoxy) is 2. The van der Waals surface area contributed by atoms with Crippen LogP contribution in [0.1, 0.15) is 21.6 Å². The van der Waals surface area contributed by atoms with Crippen LogP contribution < -0.4 is 19.1 Å². The average Bonchev–Trinajstić information content (AvgIpc) is 2.89. The second kappa shape index (κ2) is 12.7. The van der Waals surface area contributed by atoms with Gasteiger partial charge in [-0.2, -0.15) is 13.2 Å². The fraction of sp³-hybridized carbons (Fsp3) is 0.269. The summed E-state index contributed by atoms with van der Waals surface area (Å²) in [6.45, 7) is -0.231. The number of anilines is 1. The monoisotopic (exact) mass is 598 g/mol. The zero-order chi connectivity index (χ0) is 29.7. The molecule has 1 N–H and O–H groups in total. The number of sulfonamides is 1. The molecule has 0 radical (unpaired) electrons. The molecule has 0 saturated heterocycles. The van der Waals surface area contributed by atoms with E-state index in [4.69, 9.17) is 21.1 Å². The van der Waals surface area contributed by atoms with Crippen LogP contribution in [0.4, 0.5) is 18.9 Å². The standard InChI is InChI=1S/C26H26ClF3N4O5S/c1-31-14-16-11-24(26(28,29)30)32-15-19(16)17-12-18(23(13-20(17)27)39-10-9-33-40(4,36)37)25(35)34(2)21-7-5-6-8-22(21)38-3/h5-8,11-15,33H,9-10H2,1-4H3/b31-14+. The van der Waals surface area contributed by atoms with Gasteiger partial charge in [0.2, 0.25) is 10.0 Å². The highest BCUT2D eigenvalue weighted by molar-refractivity contribution is 7.88. The van der Waals surface area contributed by atoms with Gasteiger partial charge in [-0.15, -0.1) is 0 Å². The zero-order valence-electron chi connectivity index (χ0n) is 21.9. The lowest BCUT2D eigenvalue weighted by Gasteiger charge is -2.22. The molecule has 0 unspecified atom stereocenters. The number of amides is 1. The van der Waals surface area contributed by atoms with Crippen LogP contribution in [0.2, 0.25) is 5.02 Å². The molecule has 0 aliphatic rings. The Morgan fingerprint density at radius 3 is 2.50 bits per heavy atom. The van der Waals surface area contributed by atoms with Crippen LogP contribution in [0.5, 0.6) is 11.5 Å². The number of hydrogen-bond donors (Lipinski definition) is 1. The molecule has 0 saturated carbocycles. The summed E-state index contributed by atoms with van der Waals surface area (Å²) in [5.74, 6) is -0.110. The largest absolute Gasteiger partial charge is 0.495 e. The van der Waals surface area contributed by atoms with Gasteiger partial charge in [0, 0.05) is 55.8 Å². The van der Waals surface area contributed by atoms with Crippen LogP contribution in [-0.4, -0.2) is 66.1 Å². The van der Waals surface area contributed by atoms with Crippen LogP contribution in [0, 0.1) is 0 Å². The van der Waals surface area contributed by atoms with Gasteiger partial charge >= 0.3 is 6.18 Å². The Balaban J connectivity index is 2.15. The van der Waals surface area contributed by atoms with E-state index in [1.165, 1.54) is 44.5 Å². The number of methoxy groups -OCH3 is 1. The fourth-order valence-corrected chi connectivity index (χ4v) is 4.44. The third-order valence-electron chi connectivity index (χ3n) is 5.56. The second-order valence-electron chi connectivity index (χ2n) is 8.42. The van der Waals surface area contributed by atoms with Crippen molar-refractivity contribution in [2.75, 3.05) is 45.5 Å². The van der Waals surface area contributed by atoms with Gasteiger partial charge in [0.05, 0.1) is 29.6 Å². The number of carbonyl (C=O) groups is 1. The van der Waals surface area contributed by atoms with Gasteiger partial charge < -0.3 is 14.4 Å². The van der Waals surface area contributed by atoms with E-state index in [9.17, 15) is 26.4 Å². The molecule has 0 aliphatic carbocycles. The number of benzene rings is 2. The number of halogens is 4. The molecule has 14 heteroatoms. The Morgan fingerprint density at radius 1 is 1.18 bits per heavy atom. The molecule has 2 aromatic carbocycles. The molecule has 0 bridgehead atoms. The Kier molecular flexibility index (Phi) is 9.77. The Bertz CT molecular complexity index is 1530. The van der Waals surface area contributed by atoms with Crippen molar-refractivity contribution in [3.05, 3.63) is 70.5 Å². The summed E-state index contributed by atoms with van der Waals surface area (Å²) < 4.78 is 76.2. The van der Waals surface area contributed by atoms with Crippen molar-refractivity contribution in [3.8, 4) is 22.6 Å². The van der Waals surface area contributed by atoms with Crippen LogP contribution >= 0.6 is 11.6 Å². The van der Waals surface area contributed by atoms with Crippen molar-refractivity contribution in [1.82, 2.24) is 9.71 Å². The van der Waals surface area contributed by atoms with E-state index in [1.807, 2.05) is 0 Å². The number of para-hydroxylation sites is 2. The topological polar surface area (TPSA) is 110 Å².